The minimum Gasteiger partial charge on any atom is -0.347 e. The highest BCUT2D eigenvalue weighted by molar-refractivity contribution is 5.99. The molecule has 5 heteroatoms. The number of hydrogen-bond acceptors (Lipinski definition) is 3. The van der Waals surface area contributed by atoms with E-state index in [2.05, 4.69) is 10.6 Å². The van der Waals surface area contributed by atoms with Crippen LogP contribution in [0.15, 0.2) is 84.9 Å². The molecule has 3 aromatic rings. The Hall–Kier alpha value is -3.73. The Morgan fingerprint density at radius 3 is 1.94 bits per heavy atom. The maximum atomic E-state index is 13.4. The van der Waals surface area contributed by atoms with Crippen LogP contribution in [0.5, 0.6) is 0 Å². The van der Waals surface area contributed by atoms with Crippen molar-refractivity contribution in [3.8, 4) is 0 Å². The summed E-state index contributed by atoms with van der Waals surface area (Å²) < 4.78 is 0. The van der Waals surface area contributed by atoms with Gasteiger partial charge in [-0.05, 0) is 49.9 Å². The second-order valence-electron chi connectivity index (χ2n) is 9.41. The van der Waals surface area contributed by atoms with Gasteiger partial charge in [0, 0.05) is 17.5 Å². The SMILES string of the molecule is CC(C)(C)NC(=O)c1ccccc1[C@H](NC(=O)Cc1ccccc1)C(=O)CCc1ccccc1. The number of ketones is 1. The molecule has 0 radical (unpaired) electrons. The lowest BCUT2D eigenvalue weighted by atomic mass is 9.93. The van der Waals surface area contributed by atoms with Crippen LogP contribution in [0.4, 0.5) is 0 Å². The Morgan fingerprint density at radius 1 is 0.765 bits per heavy atom. The smallest absolute Gasteiger partial charge is 0.252 e. The molecular weight excluding hydrogens is 424 g/mol. The molecule has 3 rings (SSSR count). The van der Waals surface area contributed by atoms with Crippen molar-refractivity contribution < 1.29 is 14.4 Å². The highest BCUT2D eigenvalue weighted by atomic mass is 16.2. The molecule has 2 N–H and O–H groups in total. The molecule has 0 heterocycles. The Kier molecular flexibility index (Phi) is 8.36. The second kappa shape index (κ2) is 11.4. The summed E-state index contributed by atoms with van der Waals surface area (Å²) in [5, 5.41) is 5.87. The molecule has 2 amide bonds. The molecule has 0 aromatic heterocycles. The van der Waals surface area contributed by atoms with Crippen LogP contribution in [0.2, 0.25) is 0 Å². The van der Waals surface area contributed by atoms with Gasteiger partial charge in [0.15, 0.2) is 5.78 Å². The van der Waals surface area contributed by atoms with Crippen LogP contribution in [0, 0.1) is 0 Å². The third-order valence-electron chi connectivity index (χ3n) is 5.34. The van der Waals surface area contributed by atoms with Crippen LogP contribution < -0.4 is 10.6 Å². The third kappa shape index (κ3) is 7.41. The number of rotatable bonds is 9. The average Bonchev–Trinajstić information content (AvgIpc) is 2.81. The molecule has 0 aliphatic rings. The molecule has 0 saturated heterocycles. The van der Waals surface area contributed by atoms with E-state index in [9.17, 15) is 14.4 Å². The summed E-state index contributed by atoms with van der Waals surface area (Å²) >= 11 is 0. The van der Waals surface area contributed by atoms with Crippen molar-refractivity contribution in [1.29, 1.82) is 0 Å². The van der Waals surface area contributed by atoms with Gasteiger partial charge in [-0.2, -0.15) is 0 Å². The van der Waals surface area contributed by atoms with Crippen LogP contribution >= 0.6 is 0 Å². The van der Waals surface area contributed by atoms with Crippen molar-refractivity contribution >= 4 is 17.6 Å². The van der Waals surface area contributed by atoms with Crippen molar-refractivity contribution in [3.63, 3.8) is 0 Å². The monoisotopic (exact) mass is 456 g/mol. The number of nitrogens with one attached hydrogen (secondary N) is 2. The fraction of sp³-hybridized carbons (Fsp3) is 0.276. The molecule has 0 spiro atoms. The number of Topliss-reactive ketones (excluding diaryl/α,β-unsaturated/α-hetero) is 1. The lowest BCUT2D eigenvalue weighted by Gasteiger charge is -2.24. The summed E-state index contributed by atoms with van der Waals surface area (Å²) in [5.74, 6) is -0.683. The van der Waals surface area contributed by atoms with Crippen LogP contribution in [0.3, 0.4) is 0 Å². The Bertz CT molecular complexity index is 1120. The zero-order valence-electron chi connectivity index (χ0n) is 20.0. The first kappa shape index (κ1) is 24.9. The van der Waals surface area contributed by atoms with Gasteiger partial charge in [0.25, 0.3) is 5.91 Å². The van der Waals surface area contributed by atoms with Crippen LogP contribution in [0.1, 0.15) is 60.3 Å². The van der Waals surface area contributed by atoms with E-state index in [-0.39, 0.29) is 30.4 Å². The molecule has 0 saturated carbocycles. The van der Waals surface area contributed by atoms with E-state index in [0.717, 1.165) is 11.1 Å². The number of carbonyl (C=O) groups is 3. The van der Waals surface area contributed by atoms with Gasteiger partial charge in [0.2, 0.25) is 5.91 Å². The van der Waals surface area contributed by atoms with Gasteiger partial charge in [-0.1, -0.05) is 78.9 Å². The minimum atomic E-state index is -0.915. The predicted octanol–water partition coefficient (Wildman–Crippen LogP) is 4.82. The van der Waals surface area contributed by atoms with Crippen molar-refractivity contribution in [2.45, 2.75) is 51.6 Å². The molecule has 0 fully saturated rings. The van der Waals surface area contributed by atoms with E-state index in [1.807, 2.05) is 81.4 Å². The minimum absolute atomic E-state index is 0.138. The molecule has 0 unspecified atom stereocenters. The van der Waals surface area contributed by atoms with Crippen molar-refractivity contribution in [2.24, 2.45) is 0 Å². The fourth-order valence-corrected chi connectivity index (χ4v) is 3.74. The first-order chi connectivity index (χ1) is 16.2. The molecule has 0 bridgehead atoms. The van der Waals surface area contributed by atoms with Gasteiger partial charge in [-0.15, -0.1) is 0 Å². The first-order valence-corrected chi connectivity index (χ1v) is 11.5. The fourth-order valence-electron chi connectivity index (χ4n) is 3.74. The summed E-state index contributed by atoms with van der Waals surface area (Å²) in [6, 6.07) is 25.2. The quantitative estimate of drug-likeness (QED) is 0.485. The summed E-state index contributed by atoms with van der Waals surface area (Å²) in [6.45, 7) is 5.70. The van der Waals surface area contributed by atoms with E-state index >= 15 is 0 Å². The van der Waals surface area contributed by atoms with Crippen LogP contribution in [-0.4, -0.2) is 23.1 Å². The molecular formula is C29H32N2O3. The maximum absolute atomic E-state index is 13.4. The second-order valence-corrected chi connectivity index (χ2v) is 9.41. The number of aryl methyl sites for hydroxylation is 1. The van der Waals surface area contributed by atoms with Crippen molar-refractivity contribution in [3.05, 3.63) is 107 Å². The van der Waals surface area contributed by atoms with Crippen molar-refractivity contribution in [1.82, 2.24) is 10.6 Å². The Balaban J connectivity index is 1.87. The Labute approximate surface area is 201 Å². The molecule has 1 atom stereocenters. The van der Waals surface area contributed by atoms with Gasteiger partial charge in [0.05, 0.1) is 6.42 Å². The number of hydrogen-bond donors (Lipinski definition) is 2. The van der Waals surface area contributed by atoms with E-state index in [1.165, 1.54) is 0 Å². The van der Waals surface area contributed by atoms with Gasteiger partial charge < -0.3 is 10.6 Å². The Morgan fingerprint density at radius 2 is 1.32 bits per heavy atom. The summed E-state index contributed by atoms with van der Waals surface area (Å²) in [5.41, 5.74) is 2.35. The molecule has 3 aromatic carbocycles. The molecule has 5 nitrogen and oxygen atoms in total. The molecule has 176 valence electrons. The lowest BCUT2D eigenvalue weighted by Crippen LogP contribution is -2.42. The summed E-state index contributed by atoms with van der Waals surface area (Å²) in [7, 11) is 0. The maximum Gasteiger partial charge on any atom is 0.252 e. The zero-order chi connectivity index (χ0) is 24.6. The van der Waals surface area contributed by atoms with Gasteiger partial charge in [-0.25, -0.2) is 0 Å². The topological polar surface area (TPSA) is 75.3 Å². The van der Waals surface area contributed by atoms with Gasteiger partial charge in [0.1, 0.15) is 6.04 Å². The predicted molar refractivity (Wildman–Crippen MR) is 134 cm³/mol. The first-order valence-electron chi connectivity index (χ1n) is 11.5. The van der Waals surface area contributed by atoms with Crippen LogP contribution in [0.25, 0.3) is 0 Å². The van der Waals surface area contributed by atoms with Gasteiger partial charge in [-0.3, -0.25) is 14.4 Å². The van der Waals surface area contributed by atoms with Crippen LogP contribution in [-0.2, 0) is 22.4 Å². The summed E-state index contributed by atoms with van der Waals surface area (Å²) in [6.07, 6.45) is 0.955. The summed E-state index contributed by atoms with van der Waals surface area (Å²) in [4.78, 5) is 39.4. The highest BCUT2D eigenvalue weighted by Crippen LogP contribution is 2.22. The van der Waals surface area contributed by atoms with E-state index < -0.39 is 11.6 Å². The molecule has 0 aliphatic carbocycles. The standard InChI is InChI=1S/C29H32N2O3/c1-29(2,3)31-28(34)24-17-11-10-16-23(24)27(25(32)19-18-21-12-6-4-7-13-21)30-26(33)20-22-14-8-5-9-15-22/h4-17,27H,18-20H2,1-3H3,(H,30,33)(H,31,34)/t27-/m0/s1. The highest BCUT2D eigenvalue weighted by Gasteiger charge is 2.28. The van der Waals surface area contributed by atoms with Gasteiger partial charge >= 0.3 is 0 Å². The number of benzene rings is 3. The number of carbonyl (C=O) groups excluding carboxylic acids is 3. The number of amides is 2. The van der Waals surface area contributed by atoms with E-state index in [1.54, 1.807) is 24.3 Å². The zero-order valence-corrected chi connectivity index (χ0v) is 20.0. The molecule has 34 heavy (non-hydrogen) atoms. The van der Waals surface area contributed by atoms with E-state index in [0.29, 0.717) is 17.5 Å². The van der Waals surface area contributed by atoms with E-state index in [4.69, 9.17) is 0 Å². The molecule has 0 aliphatic heterocycles. The average molecular weight is 457 g/mol. The van der Waals surface area contributed by atoms with Crippen molar-refractivity contribution in [2.75, 3.05) is 0 Å². The third-order valence-corrected chi connectivity index (χ3v) is 5.34. The lowest BCUT2D eigenvalue weighted by molar-refractivity contribution is -0.127. The normalized spacial score (nSPS) is 12.0. The largest absolute Gasteiger partial charge is 0.347 e.